The zero-order chi connectivity index (χ0) is 15.7. The fourth-order valence-electron chi connectivity index (χ4n) is 2.64. The van der Waals surface area contributed by atoms with Gasteiger partial charge in [0.15, 0.2) is 0 Å². The molecule has 0 spiro atoms. The average Bonchev–Trinajstić information content (AvgIpc) is 2.79. The first kappa shape index (κ1) is 15.1. The summed E-state index contributed by atoms with van der Waals surface area (Å²) >= 11 is 2.28. The molecule has 22 heavy (non-hydrogen) atoms. The van der Waals surface area contributed by atoms with Crippen molar-refractivity contribution in [3.63, 3.8) is 0 Å². The van der Waals surface area contributed by atoms with Crippen molar-refractivity contribution in [3.8, 4) is 0 Å². The number of nitrogens with zero attached hydrogens (tertiary/aromatic N) is 2. The van der Waals surface area contributed by atoms with Crippen molar-refractivity contribution in [3.05, 3.63) is 46.7 Å². The molecule has 1 N–H and O–H groups in total. The van der Waals surface area contributed by atoms with Gasteiger partial charge in [-0.05, 0) is 34.7 Å². The number of amides is 2. The number of benzene rings is 1. The molecule has 2 aromatic rings. The van der Waals surface area contributed by atoms with Crippen LogP contribution in [0.2, 0.25) is 0 Å². The van der Waals surface area contributed by atoms with E-state index in [9.17, 15) is 9.59 Å². The van der Waals surface area contributed by atoms with Crippen LogP contribution in [0.3, 0.4) is 0 Å². The topological polar surface area (TPSA) is 54.3 Å². The summed E-state index contributed by atoms with van der Waals surface area (Å²) in [6.45, 7) is 4.85. The number of carbonyl (C=O) groups excluding carboxylic acids is 2. The summed E-state index contributed by atoms with van der Waals surface area (Å²) in [5, 5.41) is 4.11. The van der Waals surface area contributed by atoms with Crippen molar-refractivity contribution in [1.82, 2.24) is 14.8 Å². The molecular weight excluding hydrogens is 393 g/mol. The standard InChI is InChI=1S/C16H16IN3O2/c1-2-16(22)20-7-11(8-20)18-15(21)10-19-9-13(17)12-5-3-4-6-14(12)19/h2-6,9,11H,1,7-8,10H2,(H,18,21). The Balaban J connectivity index is 1.60. The van der Waals surface area contributed by atoms with Crippen molar-refractivity contribution in [1.29, 1.82) is 0 Å². The number of fused-ring (bicyclic) bond motifs is 1. The molecule has 0 unspecified atom stereocenters. The van der Waals surface area contributed by atoms with E-state index in [0.717, 1.165) is 14.5 Å². The number of aromatic nitrogens is 1. The molecule has 114 valence electrons. The summed E-state index contributed by atoms with van der Waals surface area (Å²) in [5.74, 6) is -0.121. The summed E-state index contributed by atoms with van der Waals surface area (Å²) in [6.07, 6.45) is 3.28. The molecule has 0 atom stereocenters. The minimum absolute atomic E-state index is 0.0344. The smallest absolute Gasteiger partial charge is 0.246 e. The first-order valence-electron chi connectivity index (χ1n) is 7.02. The van der Waals surface area contributed by atoms with Crippen LogP contribution in [0.4, 0.5) is 0 Å². The van der Waals surface area contributed by atoms with Gasteiger partial charge in [0.2, 0.25) is 11.8 Å². The highest BCUT2D eigenvalue weighted by Gasteiger charge is 2.30. The lowest BCUT2D eigenvalue weighted by Gasteiger charge is -2.38. The summed E-state index contributed by atoms with van der Waals surface area (Å²) in [5.41, 5.74) is 1.05. The monoisotopic (exact) mass is 409 g/mol. The van der Waals surface area contributed by atoms with E-state index < -0.39 is 0 Å². The third-order valence-corrected chi connectivity index (χ3v) is 4.65. The average molecular weight is 409 g/mol. The molecule has 1 aliphatic heterocycles. The number of hydrogen-bond donors (Lipinski definition) is 1. The first-order chi connectivity index (χ1) is 10.6. The third kappa shape index (κ3) is 2.87. The van der Waals surface area contributed by atoms with Crippen LogP contribution < -0.4 is 5.32 Å². The molecule has 0 aliphatic carbocycles. The predicted octanol–water partition coefficient (Wildman–Crippen LogP) is 1.76. The van der Waals surface area contributed by atoms with Crippen molar-refractivity contribution < 1.29 is 9.59 Å². The second kappa shape index (κ2) is 6.12. The van der Waals surface area contributed by atoms with E-state index in [1.165, 1.54) is 6.08 Å². The van der Waals surface area contributed by atoms with Gasteiger partial charge >= 0.3 is 0 Å². The fraction of sp³-hybridized carbons (Fsp3) is 0.250. The quantitative estimate of drug-likeness (QED) is 0.618. The Hall–Kier alpha value is -1.83. The SMILES string of the molecule is C=CC(=O)N1CC(NC(=O)Cn2cc(I)c3ccccc32)C1. The summed E-state index contributed by atoms with van der Waals surface area (Å²) in [4.78, 5) is 25.2. The number of nitrogens with one attached hydrogen (secondary N) is 1. The van der Waals surface area contributed by atoms with E-state index in [2.05, 4.69) is 40.6 Å². The van der Waals surface area contributed by atoms with E-state index in [1.807, 2.05) is 29.0 Å². The van der Waals surface area contributed by atoms with Gasteiger partial charge in [-0.25, -0.2) is 0 Å². The lowest BCUT2D eigenvalue weighted by Crippen LogP contribution is -2.61. The van der Waals surface area contributed by atoms with Gasteiger partial charge in [0, 0.05) is 33.8 Å². The predicted molar refractivity (Wildman–Crippen MR) is 93.4 cm³/mol. The first-order valence-corrected chi connectivity index (χ1v) is 8.10. The van der Waals surface area contributed by atoms with Crippen molar-refractivity contribution in [2.75, 3.05) is 13.1 Å². The van der Waals surface area contributed by atoms with E-state index in [1.54, 1.807) is 4.90 Å². The highest BCUT2D eigenvalue weighted by atomic mass is 127. The van der Waals surface area contributed by atoms with Crippen LogP contribution in [-0.4, -0.2) is 40.4 Å². The van der Waals surface area contributed by atoms with Gasteiger partial charge in [-0.3, -0.25) is 9.59 Å². The van der Waals surface area contributed by atoms with Crippen molar-refractivity contribution in [2.45, 2.75) is 12.6 Å². The highest BCUT2D eigenvalue weighted by molar-refractivity contribution is 14.1. The van der Waals surface area contributed by atoms with Gasteiger partial charge in [-0.1, -0.05) is 24.8 Å². The molecule has 1 aliphatic rings. The Kier molecular flexibility index (Phi) is 4.19. The minimum atomic E-state index is -0.0866. The van der Waals surface area contributed by atoms with Gasteiger partial charge in [-0.2, -0.15) is 0 Å². The Bertz CT molecular complexity index is 747. The molecule has 6 heteroatoms. The Labute approximate surface area is 142 Å². The molecule has 2 amide bonds. The number of hydrogen-bond acceptors (Lipinski definition) is 2. The third-order valence-electron chi connectivity index (χ3n) is 3.79. The van der Waals surface area contributed by atoms with E-state index in [4.69, 9.17) is 0 Å². The molecular formula is C16H16IN3O2. The van der Waals surface area contributed by atoms with Crippen LogP contribution in [-0.2, 0) is 16.1 Å². The molecule has 1 saturated heterocycles. The molecule has 1 aromatic carbocycles. The molecule has 3 rings (SSSR count). The van der Waals surface area contributed by atoms with Gasteiger partial charge < -0.3 is 14.8 Å². The maximum absolute atomic E-state index is 12.2. The number of halogens is 1. The second-order valence-corrected chi connectivity index (χ2v) is 6.50. The molecule has 0 radical (unpaired) electrons. The van der Waals surface area contributed by atoms with Crippen LogP contribution in [0, 0.1) is 3.57 Å². The van der Waals surface area contributed by atoms with Gasteiger partial charge in [0.1, 0.15) is 6.54 Å². The molecule has 5 nitrogen and oxygen atoms in total. The van der Waals surface area contributed by atoms with Gasteiger partial charge in [0.05, 0.1) is 6.04 Å². The van der Waals surface area contributed by atoms with Crippen LogP contribution in [0.15, 0.2) is 43.1 Å². The van der Waals surface area contributed by atoms with E-state index in [-0.39, 0.29) is 24.4 Å². The molecule has 1 aromatic heterocycles. The molecule has 2 heterocycles. The van der Waals surface area contributed by atoms with Gasteiger partial charge in [-0.15, -0.1) is 0 Å². The minimum Gasteiger partial charge on any atom is -0.348 e. The normalized spacial score (nSPS) is 14.7. The van der Waals surface area contributed by atoms with Gasteiger partial charge in [0.25, 0.3) is 0 Å². The fourth-order valence-corrected chi connectivity index (χ4v) is 3.43. The Morgan fingerprint density at radius 3 is 2.82 bits per heavy atom. The van der Waals surface area contributed by atoms with Crippen LogP contribution in [0.5, 0.6) is 0 Å². The highest BCUT2D eigenvalue weighted by Crippen LogP contribution is 2.22. The van der Waals surface area contributed by atoms with Crippen molar-refractivity contribution in [2.24, 2.45) is 0 Å². The Morgan fingerprint density at radius 2 is 2.09 bits per heavy atom. The second-order valence-electron chi connectivity index (χ2n) is 5.33. The molecule has 0 bridgehead atoms. The van der Waals surface area contributed by atoms with Crippen LogP contribution in [0.25, 0.3) is 10.9 Å². The molecule has 1 fully saturated rings. The largest absolute Gasteiger partial charge is 0.348 e. The maximum atomic E-state index is 12.2. The number of para-hydroxylation sites is 1. The van der Waals surface area contributed by atoms with E-state index >= 15 is 0 Å². The Morgan fingerprint density at radius 1 is 1.36 bits per heavy atom. The molecule has 0 saturated carbocycles. The summed E-state index contributed by atoms with van der Waals surface area (Å²) < 4.78 is 3.09. The lowest BCUT2D eigenvalue weighted by molar-refractivity contribution is -0.133. The summed E-state index contributed by atoms with van der Waals surface area (Å²) in [6, 6.07) is 8.07. The number of likely N-dealkylation sites (tertiary alicyclic amines) is 1. The number of carbonyl (C=O) groups is 2. The maximum Gasteiger partial charge on any atom is 0.246 e. The zero-order valence-electron chi connectivity index (χ0n) is 12.0. The van der Waals surface area contributed by atoms with Crippen LogP contribution >= 0.6 is 22.6 Å². The lowest BCUT2D eigenvalue weighted by atomic mass is 10.1. The van der Waals surface area contributed by atoms with Crippen LogP contribution in [0.1, 0.15) is 0 Å². The number of rotatable bonds is 4. The zero-order valence-corrected chi connectivity index (χ0v) is 14.1. The summed E-state index contributed by atoms with van der Waals surface area (Å²) in [7, 11) is 0. The van der Waals surface area contributed by atoms with Crippen molar-refractivity contribution >= 4 is 45.3 Å². The van der Waals surface area contributed by atoms with E-state index in [0.29, 0.717) is 13.1 Å².